The first kappa shape index (κ1) is 16.8. The van der Waals surface area contributed by atoms with Crippen LogP contribution in [0.25, 0.3) is 33.0 Å². The molecule has 2 aromatic carbocycles. The predicted octanol–water partition coefficient (Wildman–Crippen LogP) is 2.91. The fourth-order valence-electron chi connectivity index (χ4n) is 3.12. The van der Waals surface area contributed by atoms with Gasteiger partial charge in [0.25, 0.3) is 0 Å². The Morgan fingerprint density at radius 1 is 1.08 bits per heavy atom. The third-order valence-electron chi connectivity index (χ3n) is 4.23. The number of sulfonamides is 1. The summed E-state index contributed by atoms with van der Waals surface area (Å²) in [6.45, 7) is 0.889. The summed E-state index contributed by atoms with van der Waals surface area (Å²) >= 11 is 0. The van der Waals surface area contributed by atoms with E-state index in [9.17, 15) is 8.42 Å². The van der Waals surface area contributed by atoms with E-state index in [1.165, 1.54) is 0 Å². The maximum atomic E-state index is 11.2. The molecule has 26 heavy (non-hydrogen) atoms. The van der Waals surface area contributed by atoms with Crippen LogP contribution in [0.4, 0.5) is 0 Å². The van der Waals surface area contributed by atoms with Crippen molar-refractivity contribution in [2.45, 2.75) is 6.42 Å². The van der Waals surface area contributed by atoms with Crippen LogP contribution in [0.2, 0.25) is 0 Å². The summed E-state index contributed by atoms with van der Waals surface area (Å²) < 4.78 is 30.9. The van der Waals surface area contributed by atoms with E-state index in [0.717, 1.165) is 38.9 Å². The van der Waals surface area contributed by atoms with Crippen LogP contribution >= 0.6 is 0 Å². The molecule has 0 spiro atoms. The highest BCUT2D eigenvalue weighted by molar-refractivity contribution is 7.88. The molecule has 0 saturated heterocycles. The number of aromatic nitrogens is 1. The van der Waals surface area contributed by atoms with Crippen molar-refractivity contribution >= 4 is 43.0 Å². The van der Waals surface area contributed by atoms with Crippen LogP contribution in [-0.2, 0) is 10.0 Å². The molecule has 0 saturated carbocycles. The smallest absolute Gasteiger partial charge is 0.208 e. The van der Waals surface area contributed by atoms with Gasteiger partial charge in [0.15, 0.2) is 0 Å². The molecule has 0 aliphatic heterocycles. The van der Waals surface area contributed by atoms with E-state index in [4.69, 9.17) is 9.41 Å². The Kier molecular flexibility index (Phi) is 4.26. The summed E-state index contributed by atoms with van der Waals surface area (Å²) in [5.41, 5.74) is 2.45. The topological polar surface area (TPSA) is 87.5 Å². The van der Waals surface area contributed by atoms with Gasteiger partial charge in [0.1, 0.15) is 5.58 Å². The Bertz CT molecular complexity index is 1270. The third kappa shape index (κ3) is 3.23. The van der Waals surface area contributed by atoms with Crippen molar-refractivity contribution in [1.29, 1.82) is 0 Å². The molecule has 2 heterocycles. The molecule has 134 valence electrons. The molecule has 0 atom stereocenters. The molecule has 4 rings (SSSR count). The number of benzene rings is 2. The third-order valence-corrected chi connectivity index (χ3v) is 4.96. The summed E-state index contributed by atoms with van der Waals surface area (Å²) in [6.07, 6.45) is 1.78. The van der Waals surface area contributed by atoms with Gasteiger partial charge in [-0.2, -0.15) is 0 Å². The van der Waals surface area contributed by atoms with E-state index in [1.807, 2.05) is 48.5 Å². The molecule has 0 aliphatic carbocycles. The van der Waals surface area contributed by atoms with Crippen molar-refractivity contribution in [3.63, 3.8) is 0 Å². The van der Waals surface area contributed by atoms with E-state index >= 15 is 0 Å². The number of fused-ring (bicyclic) bond motifs is 4. The summed E-state index contributed by atoms with van der Waals surface area (Å²) in [4.78, 5) is 8.10. The van der Waals surface area contributed by atoms with Crippen LogP contribution in [0.5, 0.6) is 0 Å². The van der Waals surface area contributed by atoms with Gasteiger partial charge in [-0.15, -0.1) is 0 Å². The van der Waals surface area contributed by atoms with Crippen molar-refractivity contribution in [2.75, 3.05) is 19.3 Å². The SMILES string of the molecule is CS(=O)(=O)NCCCN=c1c2ccccc2oc2[nH]c3ccccc3c12. The quantitative estimate of drug-likeness (QED) is 0.530. The Balaban J connectivity index is 1.85. The number of hydrogen-bond acceptors (Lipinski definition) is 4. The van der Waals surface area contributed by atoms with Gasteiger partial charge < -0.3 is 9.40 Å². The molecular weight excluding hydrogens is 350 g/mol. The summed E-state index contributed by atoms with van der Waals surface area (Å²) in [5.74, 6) is 0. The first-order valence-corrected chi connectivity index (χ1v) is 10.3. The van der Waals surface area contributed by atoms with Crippen molar-refractivity contribution in [2.24, 2.45) is 4.99 Å². The van der Waals surface area contributed by atoms with Crippen LogP contribution in [0.15, 0.2) is 57.9 Å². The zero-order valence-corrected chi connectivity index (χ0v) is 15.1. The van der Waals surface area contributed by atoms with Crippen molar-refractivity contribution in [1.82, 2.24) is 9.71 Å². The lowest BCUT2D eigenvalue weighted by Gasteiger charge is -2.02. The number of nitrogens with one attached hydrogen (secondary N) is 2. The minimum Gasteiger partial charge on any atom is -0.440 e. The molecule has 0 aliphatic rings. The highest BCUT2D eigenvalue weighted by Crippen LogP contribution is 2.25. The maximum Gasteiger partial charge on any atom is 0.208 e. The molecule has 2 aromatic heterocycles. The first-order valence-electron chi connectivity index (χ1n) is 8.40. The van der Waals surface area contributed by atoms with Crippen LogP contribution in [0.1, 0.15) is 6.42 Å². The molecule has 2 N–H and O–H groups in total. The first-order chi connectivity index (χ1) is 12.5. The molecule has 6 nitrogen and oxygen atoms in total. The summed E-state index contributed by atoms with van der Waals surface area (Å²) in [6, 6.07) is 15.8. The highest BCUT2D eigenvalue weighted by Gasteiger charge is 2.11. The molecule has 0 amide bonds. The van der Waals surface area contributed by atoms with Gasteiger partial charge in [-0.1, -0.05) is 30.3 Å². The molecule has 0 radical (unpaired) electrons. The van der Waals surface area contributed by atoms with Gasteiger partial charge in [-0.05, 0) is 24.6 Å². The number of para-hydroxylation sites is 2. The molecule has 0 unspecified atom stereocenters. The fourth-order valence-corrected chi connectivity index (χ4v) is 3.63. The average molecular weight is 369 g/mol. The number of hydrogen-bond donors (Lipinski definition) is 2. The molecule has 4 aromatic rings. The summed E-state index contributed by atoms with van der Waals surface area (Å²) in [5, 5.41) is 3.83. The lowest BCUT2D eigenvalue weighted by molar-refractivity contribution is 0.585. The highest BCUT2D eigenvalue weighted by atomic mass is 32.2. The Hall–Kier alpha value is -2.64. The molecular formula is C19H19N3O3S. The van der Waals surface area contributed by atoms with E-state index < -0.39 is 10.0 Å². The van der Waals surface area contributed by atoms with Gasteiger partial charge in [-0.25, -0.2) is 13.1 Å². The fraction of sp³-hybridized carbons (Fsp3) is 0.211. The predicted molar refractivity (Wildman–Crippen MR) is 103 cm³/mol. The number of H-pyrrole nitrogens is 1. The second-order valence-electron chi connectivity index (χ2n) is 6.22. The van der Waals surface area contributed by atoms with Crippen LogP contribution in [0.3, 0.4) is 0 Å². The van der Waals surface area contributed by atoms with Gasteiger partial charge in [-0.3, -0.25) is 4.99 Å². The van der Waals surface area contributed by atoms with E-state index in [2.05, 4.69) is 9.71 Å². The van der Waals surface area contributed by atoms with Gasteiger partial charge in [0, 0.05) is 29.4 Å². The summed E-state index contributed by atoms with van der Waals surface area (Å²) in [7, 11) is -3.17. The zero-order valence-electron chi connectivity index (χ0n) is 14.3. The minimum absolute atomic E-state index is 0.370. The maximum absolute atomic E-state index is 11.2. The number of rotatable bonds is 5. The molecule has 0 fully saturated rings. The van der Waals surface area contributed by atoms with Crippen molar-refractivity contribution in [3.05, 3.63) is 53.9 Å². The van der Waals surface area contributed by atoms with Crippen LogP contribution < -0.4 is 10.1 Å². The average Bonchev–Trinajstić information content (AvgIpc) is 2.97. The van der Waals surface area contributed by atoms with Crippen molar-refractivity contribution in [3.8, 4) is 0 Å². The minimum atomic E-state index is -3.17. The lowest BCUT2D eigenvalue weighted by Crippen LogP contribution is -2.23. The largest absolute Gasteiger partial charge is 0.440 e. The normalized spacial score (nSPS) is 13.2. The van der Waals surface area contributed by atoms with Gasteiger partial charge in [0.05, 0.1) is 17.0 Å². The van der Waals surface area contributed by atoms with Crippen LogP contribution in [0, 0.1) is 0 Å². The second kappa shape index (κ2) is 6.59. The monoisotopic (exact) mass is 369 g/mol. The Morgan fingerprint density at radius 3 is 2.62 bits per heavy atom. The Morgan fingerprint density at radius 2 is 1.81 bits per heavy atom. The lowest BCUT2D eigenvalue weighted by atomic mass is 10.1. The number of nitrogens with zero attached hydrogens (tertiary/aromatic N) is 1. The van der Waals surface area contributed by atoms with Crippen LogP contribution in [-0.4, -0.2) is 32.7 Å². The van der Waals surface area contributed by atoms with Gasteiger partial charge >= 0.3 is 0 Å². The standard InChI is InChI=1S/C19H19N3O3S/c1-26(23,24)21-12-6-11-20-18-14-8-3-5-10-16(14)25-19-17(18)13-7-2-4-9-15(13)22-19/h2-5,7-10,21-22H,6,11-12H2,1H3. The molecule has 0 bridgehead atoms. The van der Waals surface area contributed by atoms with E-state index in [1.54, 1.807) is 0 Å². The van der Waals surface area contributed by atoms with Crippen molar-refractivity contribution < 1.29 is 12.8 Å². The van der Waals surface area contributed by atoms with E-state index in [0.29, 0.717) is 25.2 Å². The Labute approximate surface area is 150 Å². The van der Waals surface area contributed by atoms with Gasteiger partial charge in [0.2, 0.25) is 15.7 Å². The molecule has 7 heteroatoms. The van der Waals surface area contributed by atoms with E-state index in [-0.39, 0.29) is 0 Å². The second-order valence-corrected chi connectivity index (χ2v) is 8.06. The number of aromatic amines is 1. The zero-order chi connectivity index (χ0) is 18.1.